The molecule has 0 radical (unpaired) electrons. The van der Waals surface area contributed by atoms with E-state index in [-0.39, 0.29) is 0 Å². The third-order valence-electron chi connectivity index (χ3n) is 3.52. The van der Waals surface area contributed by atoms with Crippen LogP contribution in [0.5, 0.6) is 0 Å². The van der Waals surface area contributed by atoms with Gasteiger partial charge in [-0.1, -0.05) is 5.21 Å². The summed E-state index contributed by atoms with van der Waals surface area (Å²) in [6.07, 6.45) is 4.29. The highest BCUT2D eigenvalue weighted by atomic mass is 35.5. The van der Waals surface area contributed by atoms with Gasteiger partial charge in [-0.15, -0.1) is 16.7 Å². The van der Waals surface area contributed by atoms with Gasteiger partial charge in [0.2, 0.25) is 0 Å². The van der Waals surface area contributed by atoms with E-state index >= 15 is 0 Å². The summed E-state index contributed by atoms with van der Waals surface area (Å²) >= 11 is 5.91. The lowest BCUT2D eigenvalue weighted by molar-refractivity contribution is 0.506. The molecular weight excluding hydrogens is 290 g/mol. The molecule has 3 aromatic rings. The fraction of sp³-hybridized carbons (Fsp3) is 0.538. The van der Waals surface area contributed by atoms with Crippen molar-refractivity contribution >= 4 is 22.8 Å². The van der Waals surface area contributed by atoms with Crippen LogP contribution < -0.4 is 0 Å². The van der Waals surface area contributed by atoms with Crippen molar-refractivity contribution in [3.63, 3.8) is 0 Å². The quantitative estimate of drug-likeness (QED) is 0.649. The SMILES string of the molecule is CCn1nc(C)c2nc(CCCl)n(CCn3ccnn3)c21. The number of hydrogen-bond acceptors (Lipinski definition) is 4. The summed E-state index contributed by atoms with van der Waals surface area (Å²) in [5.74, 6) is 1.56. The van der Waals surface area contributed by atoms with E-state index < -0.39 is 0 Å². The van der Waals surface area contributed by atoms with Gasteiger partial charge in [0, 0.05) is 31.6 Å². The molecule has 0 aliphatic carbocycles. The van der Waals surface area contributed by atoms with Gasteiger partial charge in [0.15, 0.2) is 5.65 Å². The van der Waals surface area contributed by atoms with Gasteiger partial charge in [-0.05, 0) is 13.8 Å². The summed E-state index contributed by atoms with van der Waals surface area (Å²) < 4.78 is 6.01. The van der Waals surface area contributed by atoms with Crippen molar-refractivity contribution in [3.8, 4) is 0 Å². The zero-order chi connectivity index (χ0) is 14.8. The van der Waals surface area contributed by atoms with E-state index in [9.17, 15) is 0 Å². The molecule has 112 valence electrons. The standard InChI is InChI=1S/C13H18ClN7/c1-3-21-13-12(10(2)17-21)16-11(4-5-14)20(13)9-8-19-7-6-15-18-19/h6-7H,3-5,8-9H2,1-2H3. The molecule has 0 aliphatic heterocycles. The van der Waals surface area contributed by atoms with Gasteiger partial charge in [-0.3, -0.25) is 4.68 Å². The van der Waals surface area contributed by atoms with E-state index in [0.29, 0.717) is 5.88 Å². The first-order valence-electron chi connectivity index (χ1n) is 7.07. The third-order valence-corrected chi connectivity index (χ3v) is 3.71. The Kier molecular flexibility index (Phi) is 3.92. The molecule has 3 heterocycles. The highest BCUT2D eigenvalue weighted by Crippen LogP contribution is 2.20. The van der Waals surface area contributed by atoms with Gasteiger partial charge < -0.3 is 4.57 Å². The molecular formula is C13H18ClN7. The van der Waals surface area contributed by atoms with E-state index in [4.69, 9.17) is 16.6 Å². The van der Waals surface area contributed by atoms with Gasteiger partial charge >= 0.3 is 0 Å². The van der Waals surface area contributed by atoms with Crippen molar-refractivity contribution in [3.05, 3.63) is 23.9 Å². The molecule has 8 heteroatoms. The Bertz CT molecular complexity index is 725. The van der Waals surface area contributed by atoms with Crippen LogP contribution in [0.25, 0.3) is 11.2 Å². The molecule has 0 bridgehead atoms. The Morgan fingerprint density at radius 3 is 2.81 bits per heavy atom. The topological polar surface area (TPSA) is 66.3 Å². The maximum atomic E-state index is 5.91. The molecule has 0 aliphatic rings. The summed E-state index contributed by atoms with van der Waals surface area (Å²) in [7, 11) is 0. The molecule has 0 aromatic carbocycles. The van der Waals surface area contributed by atoms with Crippen LogP contribution in [-0.2, 0) is 26.1 Å². The largest absolute Gasteiger partial charge is 0.311 e. The summed E-state index contributed by atoms with van der Waals surface area (Å²) in [5.41, 5.74) is 2.99. The number of fused-ring (bicyclic) bond motifs is 1. The minimum Gasteiger partial charge on any atom is -0.311 e. The Morgan fingerprint density at radius 2 is 2.14 bits per heavy atom. The normalized spacial score (nSPS) is 11.6. The maximum absolute atomic E-state index is 5.91. The molecule has 3 aromatic heterocycles. The predicted octanol–water partition coefficient (Wildman–Crippen LogP) is 1.63. The Hall–Kier alpha value is -1.89. The molecule has 0 unspecified atom stereocenters. The minimum absolute atomic E-state index is 0.557. The molecule has 0 N–H and O–H groups in total. The van der Waals surface area contributed by atoms with Crippen molar-refractivity contribution in [1.29, 1.82) is 0 Å². The van der Waals surface area contributed by atoms with Crippen LogP contribution in [0.15, 0.2) is 12.4 Å². The molecule has 0 saturated carbocycles. The summed E-state index contributed by atoms with van der Waals surface area (Å²) in [6.45, 7) is 6.42. The lowest BCUT2D eigenvalue weighted by Gasteiger charge is -2.09. The maximum Gasteiger partial charge on any atom is 0.158 e. The predicted molar refractivity (Wildman–Crippen MR) is 80.4 cm³/mol. The van der Waals surface area contributed by atoms with Crippen LogP contribution in [0.3, 0.4) is 0 Å². The van der Waals surface area contributed by atoms with E-state index in [0.717, 1.165) is 48.7 Å². The van der Waals surface area contributed by atoms with Crippen LogP contribution in [0.4, 0.5) is 0 Å². The lowest BCUT2D eigenvalue weighted by atomic mass is 10.4. The minimum atomic E-state index is 0.557. The summed E-state index contributed by atoms with van der Waals surface area (Å²) in [6, 6.07) is 0. The number of hydrogen-bond donors (Lipinski definition) is 0. The van der Waals surface area contributed by atoms with E-state index in [1.807, 2.05) is 22.5 Å². The van der Waals surface area contributed by atoms with E-state index in [1.54, 1.807) is 6.20 Å². The highest BCUT2D eigenvalue weighted by molar-refractivity contribution is 6.17. The molecule has 0 amide bonds. The van der Waals surface area contributed by atoms with Crippen LogP contribution >= 0.6 is 11.6 Å². The van der Waals surface area contributed by atoms with Gasteiger partial charge in [0.25, 0.3) is 0 Å². The van der Waals surface area contributed by atoms with Gasteiger partial charge in [0.05, 0.1) is 18.4 Å². The molecule has 21 heavy (non-hydrogen) atoms. The highest BCUT2D eigenvalue weighted by Gasteiger charge is 2.17. The first kappa shape index (κ1) is 14.1. The van der Waals surface area contributed by atoms with Crippen molar-refractivity contribution in [2.45, 2.75) is 39.9 Å². The Labute approximate surface area is 127 Å². The smallest absolute Gasteiger partial charge is 0.158 e. The van der Waals surface area contributed by atoms with Crippen molar-refractivity contribution in [1.82, 2.24) is 34.3 Å². The second-order valence-electron chi connectivity index (χ2n) is 4.86. The fourth-order valence-corrected chi connectivity index (χ4v) is 2.72. The number of alkyl halides is 1. The molecule has 0 spiro atoms. The van der Waals surface area contributed by atoms with Crippen molar-refractivity contribution in [2.75, 3.05) is 5.88 Å². The van der Waals surface area contributed by atoms with Crippen LogP contribution in [0.1, 0.15) is 18.4 Å². The van der Waals surface area contributed by atoms with Gasteiger partial charge in [0.1, 0.15) is 11.3 Å². The number of nitrogens with zero attached hydrogens (tertiary/aromatic N) is 7. The second kappa shape index (κ2) is 5.85. The first-order chi connectivity index (χ1) is 10.2. The van der Waals surface area contributed by atoms with E-state index in [1.165, 1.54) is 0 Å². The monoisotopic (exact) mass is 307 g/mol. The summed E-state index contributed by atoms with van der Waals surface area (Å²) in [4.78, 5) is 4.72. The number of halogens is 1. The number of aryl methyl sites for hydroxylation is 5. The van der Waals surface area contributed by atoms with E-state index in [2.05, 4.69) is 26.9 Å². The molecule has 0 saturated heterocycles. The van der Waals surface area contributed by atoms with Crippen LogP contribution in [0, 0.1) is 6.92 Å². The molecule has 0 fully saturated rings. The van der Waals surface area contributed by atoms with Crippen LogP contribution in [0.2, 0.25) is 0 Å². The number of rotatable bonds is 6. The lowest BCUT2D eigenvalue weighted by Crippen LogP contribution is -2.14. The first-order valence-corrected chi connectivity index (χ1v) is 7.60. The van der Waals surface area contributed by atoms with Crippen molar-refractivity contribution in [2.24, 2.45) is 0 Å². The second-order valence-corrected chi connectivity index (χ2v) is 5.24. The van der Waals surface area contributed by atoms with Gasteiger partial charge in [-0.2, -0.15) is 5.10 Å². The van der Waals surface area contributed by atoms with Crippen molar-refractivity contribution < 1.29 is 0 Å². The zero-order valence-electron chi connectivity index (χ0n) is 12.2. The number of aromatic nitrogens is 7. The third kappa shape index (κ3) is 2.53. The summed E-state index contributed by atoms with van der Waals surface area (Å²) in [5, 5.41) is 12.4. The Balaban J connectivity index is 2.01. The molecule has 7 nitrogen and oxygen atoms in total. The molecule has 0 atom stereocenters. The average molecular weight is 308 g/mol. The fourth-order valence-electron chi connectivity index (χ4n) is 2.55. The van der Waals surface area contributed by atoms with Crippen LogP contribution in [-0.4, -0.2) is 40.2 Å². The zero-order valence-corrected chi connectivity index (χ0v) is 13.0. The van der Waals surface area contributed by atoms with Gasteiger partial charge in [-0.25, -0.2) is 9.67 Å². The Morgan fingerprint density at radius 1 is 1.29 bits per heavy atom. The molecule has 3 rings (SSSR count). The number of imidazole rings is 1. The average Bonchev–Trinajstić information content (AvgIpc) is 3.16.